The fourth-order valence-corrected chi connectivity index (χ4v) is 2.45. The van der Waals surface area contributed by atoms with E-state index in [1.807, 2.05) is 32.9 Å². The molecule has 0 spiro atoms. The summed E-state index contributed by atoms with van der Waals surface area (Å²) in [6.45, 7) is 5.77. The van der Waals surface area contributed by atoms with Crippen LogP contribution in [0.25, 0.3) is 0 Å². The lowest BCUT2D eigenvalue weighted by Gasteiger charge is -2.19. The Labute approximate surface area is 152 Å². The Hall–Kier alpha value is -2.24. The molecule has 0 aliphatic heterocycles. The summed E-state index contributed by atoms with van der Waals surface area (Å²) in [6.07, 6.45) is -1.34. The van der Waals surface area contributed by atoms with Gasteiger partial charge in [0, 0.05) is 22.8 Å². The van der Waals surface area contributed by atoms with Crippen molar-refractivity contribution in [2.75, 3.05) is 5.73 Å². The van der Waals surface area contributed by atoms with E-state index < -0.39 is 17.8 Å². The fourth-order valence-electron chi connectivity index (χ4n) is 2.27. The van der Waals surface area contributed by atoms with Crippen molar-refractivity contribution in [1.82, 2.24) is 5.32 Å². The molecular weight excluding hydrogens is 340 g/mol. The predicted molar refractivity (Wildman–Crippen MR) is 99.4 cm³/mol. The van der Waals surface area contributed by atoms with Crippen LogP contribution in [0.3, 0.4) is 0 Å². The SMILES string of the molecule is CC(C)(C)OC(=O)NCc1ccc(C(O)c2cc(Cl)ccc2N)cc1. The third kappa shape index (κ3) is 5.66. The summed E-state index contributed by atoms with van der Waals surface area (Å²) in [4.78, 5) is 11.7. The summed E-state index contributed by atoms with van der Waals surface area (Å²) < 4.78 is 5.19. The third-order valence-electron chi connectivity index (χ3n) is 3.47. The number of aliphatic hydroxyl groups excluding tert-OH is 1. The number of nitrogens with two attached hydrogens (primary N) is 1. The largest absolute Gasteiger partial charge is 0.444 e. The van der Waals surface area contributed by atoms with Crippen LogP contribution in [0, 0.1) is 0 Å². The zero-order chi connectivity index (χ0) is 18.6. The van der Waals surface area contributed by atoms with Gasteiger partial charge in [-0.1, -0.05) is 35.9 Å². The molecule has 2 aromatic rings. The number of amides is 1. The van der Waals surface area contributed by atoms with E-state index in [1.54, 1.807) is 30.3 Å². The minimum Gasteiger partial charge on any atom is -0.444 e. The van der Waals surface area contributed by atoms with Crippen LogP contribution >= 0.6 is 11.6 Å². The number of carbonyl (C=O) groups is 1. The highest BCUT2D eigenvalue weighted by Crippen LogP contribution is 2.29. The smallest absolute Gasteiger partial charge is 0.407 e. The standard InChI is InChI=1S/C19H23ClN2O3/c1-19(2,3)25-18(24)22-11-12-4-6-13(7-5-12)17(23)15-10-14(20)8-9-16(15)21/h4-10,17,23H,11,21H2,1-3H3,(H,22,24). The van der Waals surface area contributed by atoms with E-state index in [1.165, 1.54) is 0 Å². The molecule has 6 heteroatoms. The maximum atomic E-state index is 11.7. The van der Waals surface area contributed by atoms with Crippen molar-refractivity contribution in [2.24, 2.45) is 0 Å². The number of ether oxygens (including phenoxy) is 1. The Morgan fingerprint density at radius 1 is 1.24 bits per heavy atom. The molecule has 0 aromatic heterocycles. The van der Waals surface area contributed by atoms with Crippen molar-refractivity contribution < 1.29 is 14.6 Å². The number of nitrogen functional groups attached to an aromatic ring is 1. The van der Waals surface area contributed by atoms with Gasteiger partial charge in [0.05, 0.1) is 0 Å². The summed E-state index contributed by atoms with van der Waals surface area (Å²) in [7, 11) is 0. The van der Waals surface area contributed by atoms with Gasteiger partial charge < -0.3 is 20.9 Å². The zero-order valence-corrected chi connectivity index (χ0v) is 15.3. The summed E-state index contributed by atoms with van der Waals surface area (Å²) in [5, 5.41) is 13.7. The molecule has 0 bridgehead atoms. The lowest BCUT2D eigenvalue weighted by Crippen LogP contribution is -2.32. The third-order valence-corrected chi connectivity index (χ3v) is 3.71. The molecule has 0 saturated carbocycles. The number of anilines is 1. The van der Waals surface area contributed by atoms with Crippen molar-refractivity contribution in [1.29, 1.82) is 0 Å². The first-order valence-corrected chi connectivity index (χ1v) is 8.32. The normalized spacial score (nSPS) is 12.5. The Kier molecular flexibility index (Phi) is 5.93. The highest BCUT2D eigenvalue weighted by Gasteiger charge is 2.16. The van der Waals surface area contributed by atoms with Crippen LogP contribution in [0.15, 0.2) is 42.5 Å². The molecule has 2 aromatic carbocycles. The molecule has 1 unspecified atom stereocenters. The Bertz CT molecular complexity index is 739. The van der Waals surface area contributed by atoms with Crippen molar-refractivity contribution in [3.05, 3.63) is 64.2 Å². The summed E-state index contributed by atoms with van der Waals surface area (Å²) >= 11 is 5.97. The Morgan fingerprint density at radius 3 is 2.48 bits per heavy atom. The van der Waals surface area contributed by atoms with Gasteiger partial charge in [0.2, 0.25) is 0 Å². The molecule has 1 amide bonds. The van der Waals surface area contributed by atoms with Crippen LogP contribution in [0.5, 0.6) is 0 Å². The summed E-state index contributed by atoms with van der Waals surface area (Å²) in [5.41, 5.74) is 8.00. The van der Waals surface area contributed by atoms with Crippen molar-refractivity contribution in [2.45, 2.75) is 39.0 Å². The van der Waals surface area contributed by atoms with E-state index in [2.05, 4.69) is 5.32 Å². The van der Waals surface area contributed by atoms with Crippen molar-refractivity contribution in [3.63, 3.8) is 0 Å². The molecule has 5 nitrogen and oxygen atoms in total. The maximum Gasteiger partial charge on any atom is 0.407 e. The average Bonchev–Trinajstić information content (AvgIpc) is 2.53. The summed E-state index contributed by atoms with van der Waals surface area (Å²) in [5.74, 6) is 0. The topological polar surface area (TPSA) is 84.6 Å². The maximum absolute atomic E-state index is 11.7. The predicted octanol–water partition coefficient (Wildman–Crippen LogP) is 4.03. The fraction of sp³-hybridized carbons (Fsp3) is 0.316. The molecular formula is C19H23ClN2O3. The highest BCUT2D eigenvalue weighted by molar-refractivity contribution is 6.30. The lowest BCUT2D eigenvalue weighted by molar-refractivity contribution is 0.0523. The molecule has 0 aliphatic carbocycles. The second kappa shape index (κ2) is 7.76. The quantitative estimate of drug-likeness (QED) is 0.717. The number of halogens is 1. The van der Waals surface area contributed by atoms with Gasteiger partial charge >= 0.3 is 6.09 Å². The Balaban J connectivity index is 2.02. The van der Waals surface area contributed by atoms with Gasteiger partial charge in [-0.3, -0.25) is 0 Å². The monoisotopic (exact) mass is 362 g/mol. The molecule has 0 saturated heterocycles. The number of hydrogen-bond acceptors (Lipinski definition) is 4. The molecule has 1 atom stereocenters. The van der Waals surface area contributed by atoms with Crippen LogP contribution in [-0.4, -0.2) is 16.8 Å². The number of alkyl carbamates (subject to hydrolysis) is 1. The number of rotatable bonds is 4. The second-order valence-electron chi connectivity index (χ2n) is 6.77. The van der Waals surface area contributed by atoms with E-state index in [-0.39, 0.29) is 0 Å². The van der Waals surface area contributed by atoms with Crippen molar-refractivity contribution in [3.8, 4) is 0 Å². The first-order chi connectivity index (χ1) is 11.7. The molecule has 2 rings (SSSR count). The van der Waals surface area contributed by atoms with Gasteiger partial charge in [-0.25, -0.2) is 4.79 Å². The molecule has 4 N–H and O–H groups in total. The molecule has 0 heterocycles. The molecule has 0 aliphatic rings. The van der Waals surface area contributed by atoms with E-state index in [0.717, 1.165) is 5.56 Å². The van der Waals surface area contributed by atoms with Crippen LogP contribution in [-0.2, 0) is 11.3 Å². The van der Waals surface area contributed by atoms with Gasteiger partial charge in [0.15, 0.2) is 0 Å². The van der Waals surface area contributed by atoms with E-state index >= 15 is 0 Å². The lowest BCUT2D eigenvalue weighted by atomic mass is 9.99. The minimum atomic E-state index is -0.869. The molecule has 25 heavy (non-hydrogen) atoms. The number of aliphatic hydroxyl groups is 1. The molecule has 134 valence electrons. The van der Waals surface area contributed by atoms with Gasteiger partial charge in [0.1, 0.15) is 11.7 Å². The second-order valence-corrected chi connectivity index (χ2v) is 7.21. The van der Waals surface area contributed by atoms with Crippen LogP contribution in [0.4, 0.5) is 10.5 Å². The first-order valence-electron chi connectivity index (χ1n) is 7.94. The zero-order valence-electron chi connectivity index (χ0n) is 14.5. The van der Waals surface area contributed by atoms with Gasteiger partial charge in [-0.05, 0) is 50.1 Å². The van der Waals surface area contributed by atoms with Crippen molar-refractivity contribution >= 4 is 23.4 Å². The van der Waals surface area contributed by atoms with E-state index in [4.69, 9.17) is 22.1 Å². The summed E-state index contributed by atoms with van der Waals surface area (Å²) in [6, 6.07) is 12.2. The van der Waals surface area contributed by atoms with Crippen LogP contribution in [0.2, 0.25) is 5.02 Å². The van der Waals surface area contributed by atoms with Crippen LogP contribution < -0.4 is 11.1 Å². The van der Waals surface area contributed by atoms with Crippen LogP contribution in [0.1, 0.15) is 43.6 Å². The Morgan fingerprint density at radius 2 is 1.88 bits per heavy atom. The minimum absolute atomic E-state index is 0.338. The average molecular weight is 363 g/mol. The van der Waals surface area contributed by atoms with Gasteiger partial charge in [0.25, 0.3) is 0 Å². The number of hydrogen-bond donors (Lipinski definition) is 3. The van der Waals surface area contributed by atoms with Gasteiger partial charge in [-0.15, -0.1) is 0 Å². The van der Waals surface area contributed by atoms with Gasteiger partial charge in [-0.2, -0.15) is 0 Å². The van der Waals surface area contributed by atoms with E-state index in [0.29, 0.717) is 28.4 Å². The molecule has 0 radical (unpaired) electrons. The molecule has 0 fully saturated rings. The van der Waals surface area contributed by atoms with E-state index in [9.17, 15) is 9.90 Å². The number of benzene rings is 2. The highest BCUT2D eigenvalue weighted by atomic mass is 35.5. The first kappa shape index (κ1) is 19.1. The number of carbonyl (C=O) groups excluding carboxylic acids is 1. The number of nitrogens with one attached hydrogen (secondary N) is 1.